The smallest absolute Gasteiger partial charge is 0.246 e. The van der Waals surface area contributed by atoms with Crippen LogP contribution in [0.25, 0.3) is 6.08 Å². The lowest BCUT2D eigenvalue weighted by Gasteiger charge is -2.37. The zero-order valence-corrected chi connectivity index (χ0v) is 15.8. The molecule has 1 saturated heterocycles. The van der Waals surface area contributed by atoms with E-state index in [9.17, 15) is 4.79 Å². The summed E-state index contributed by atoms with van der Waals surface area (Å²) in [5.74, 6) is 0.470. The number of piperidine rings is 1. The molecule has 2 atom stereocenters. The Morgan fingerprint density at radius 2 is 2.27 bits per heavy atom. The molecule has 1 aromatic carbocycles. The summed E-state index contributed by atoms with van der Waals surface area (Å²) in [5.41, 5.74) is 3.55. The van der Waals surface area contributed by atoms with Crippen LogP contribution >= 0.6 is 0 Å². The lowest BCUT2D eigenvalue weighted by Crippen LogP contribution is -2.47. The highest BCUT2D eigenvalue weighted by atomic mass is 16.5. The van der Waals surface area contributed by atoms with Crippen molar-refractivity contribution >= 4 is 12.0 Å². The van der Waals surface area contributed by atoms with E-state index in [-0.39, 0.29) is 12.0 Å². The Hall–Kier alpha value is -2.40. The van der Waals surface area contributed by atoms with Gasteiger partial charge < -0.3 is 9.64 Å². The normalized spacial score (nSPS) is 20.7. The maximum atomic E-state index is 12.5. The van der Waals surface area contributed by atoms with Crippen LogP contribution in [0.3, 0.4) is 0 Å². The van der Waals surface area contributed by atoms with E-state index in [0.717, 1.165) is 24.9 Å². The summed E-state index contributed by atoms with van der Waals surface area (Å²) in [4.78, 5) is 14.4. The summed E-state index contributed by atoms with van der Waals surface area (Å²) in [6, 6.07) is 8.64. The van der Waals surface area contributed by atoms with Crippen molar-refractivity contribution in [1.29, 1.82) is 0 Å². The third-order valence-corrected chi connectivity index (χ3v) is 5.03. The van der Waals surface area contributed by atoms with E-state index in [2.05, 4.69) is 36.3 Å². The summed E-state index contributed by atoms with van der Waals surface area (Å²) >= 11 is 0. The van der Waals surface area contributed by atoms with Crippen LogP contribution in [-0.2, 0) is 23.0 Å². The number of carbonyl (C=O) groups is 1. The van der Waals surface area contributed by atoms with E-state index in [1.54, 1.807) is 24.1 Å². The predicted molar refractivity (Wildman–Crippen MR) is 103 cm³/mol. The fourth-order valence-corrected chi connectivity index (χ4v) is 3.61. The number of ether oxygens (including phenoxy) is 1. The van der Waals surface area contributed by atoms with Crippen LogP contribution in [0.15, 0.2) is 42.7 Å². The predicted octanol–water partition coefficient (Wildman–Crippen LogP) is 2.85. The average molecular weight is 353 g/mol. The number of hydrogen-bond donors (Lipinski definition) is 0. The molecule has 5 nitrogen and oxygen atoms in total. The molecular formula is C21H27N3O2. The van der Waals surface area contributed by atoms with Gasteiger partial charge in [-0.25, -0.2) is 0 Å². The van der Waals surface area contributed by atoms with Crippen molar-refractivity contribution < 1.29 is 9.53 Å². The van der Waals surface area contributed by atoms with Crippen molar-refractivity contribution in [2.45, 2.75) is 25.9 Å². The minimum atomic E-state index is 0.0323. The van der Waals surface area contributed by atoms with E-state index >= 15 is 0 Å². The summed E-state index contributed by atoms with van der Waals surface area (Å²) in [6.07, 6.45) is 9.10. The minimum absolute atomic E-state index is 0.0323. The molecule has 0 radical (unpaired) electrons. The van der Waals surface area contributed by atoms with E-state index in [0.29, 0.717) is 12.5 Å². The number of amides is 1. The summed E-state index contributed by atoms with van der Waals surface area (Å²) in [6.45, 7) is 3.53. The molecule has 2 heterocycles. The molecular weight excluding hydrogens is 326 g/mol. The molecule has 1 aliphatic heterocycles. The first-order valence-corrected chi connectivity index (χ1v) is 9.09. The highest BCUT2D eigenvalue weighted by molar-refractivity contribution is 5.91. The highest BCUT2D eigenvalue weighted by Gasteiger charge is 2.30. The van der Waals surface area contributed by atoms with Crippen LogP contribution in [0, 0.1) is 12.8 Å². The second kappa shape index (κ2) is 8.32. The Morgan fingerprint density at radius 1 is 1.42 bits per heavy atom. The van der Waals surface area contributed by atoms with Crippen molar-refractivity contribution in [3.05, 3.63) is 59.4 Å². The van der Waals surface area contributed by atoms with Crippen molar-refractivity contribution in [1.82, 2.24) is 14.7 Å². The topological polar surface area (TPSA) is 47.4 Å². The lowest BCUT2D eigenvalue weighted by atomic mass is 9.87. The average Bonchev–Trinajstić information content (AvgIpc) is 3.05. The summed E-state index contributed by atoms with van der Waals surface area (Å²) < 4.78 is 7.45. The van der Waals surface area contributed by atoms with Crippen LogP contribution < -0.4 is 0 Å². The molecule has 1 fully saturated rings. The zero-order valence-electron chi connectivity index (χ0n) is 15.8. The molecule has 1 amide bonds. The Balaban J connectivity index is 1.60. The van der Waals surface area contributed by atoms with E-state index in [1.807, 2.05) is 24.2 Å². The van der Waals surface area contributed by atoms with Gasteiger partial charge in [0.1, 0.15) is 0 Å². The summed E-state index contributed by atoms with van der Waals surface area (Å²) in [5, 5.41) is 4.11. The van der Waals surface area contributed by atoms with E-state index in [1.165, 1.54) is 11.1 Å². The van der Waals surface area contributed by atoms with Gasteiger partial charge in [0.25, 0.3) is 0 Å². The molecule has 1 aromatic heterocycles. The van der Waals surface area contributed by atoms with Gasteiger partial charge in [0, 0.05) is 45.1 Å². The van der Waals surface area contributed by atoms with Gasteiger partial charge in [-0.3, -0.25) is 9.48 Å². The fraction of sp³-hybridized carbons (Fsp3) is 0.429. The quantitative estimate of drug-likeness (QED) is 0.777. The van der Waals surface area contributed by atoms with Gasteiger partial charge in [0.15, 0.2) is 0 Å². The number of aryl methyl sites for hydroxylation is 2. The number of likely N-dealkylation sites (tertiary alicyclic amines) is 1. The van der Waals surface area contributed by atoms with Crippen molar-refractivity contribution in [2.75, 3.05) is 20.2 Å². The Kier molecular flexibility index (Phi) is 5.89. The standard InChI is InChI=1S/C21H27N3O2/c1-16-5-4-6-17(11-16)12-19-9-10-24(15-20(19)26-3)21(25)8-7-18-13-22-23(2)14-18/h4-8,11,13-14,19-20H,9-10,12,15H2,1-3H3/b8-7+/t19-,20+/m1/s1. The first-order chi connectivity index (χ1) is 12.5. The second-order valence-corrected chi connectivity index (χ2v) is 7.08. The van der Waals surface area contributed by atoms with Crippen LogP contribution in [0.4, 0.5) is 0 Å². The van der Waals surface area contributed by atoms with Crippen molar-refractivity contribution in [2.24, 2.45) is 13.0 Å². The number of hydrogen-bond acceptors (Lipinski definition) is 3. The Morgan fingerprint density at radius 3 is 2.96 bits per heavy atom. The van der Waals surface area contributed by atoms with Crippen LogP contribution in [0.2, 0.25) is 0 Å². The monoisotopic (exact) mass is 353 g/mol. The SMILES string of the molecule is CO[C@H]1CN(C(=O)/C=C/c2cnn(C)c2)CC[C@@H]1Cc1cccc(C)c1. The van der Waals surface area contributed by atoms with Crippen LogP contribution in [0.5, 0.6) is 0 Å². The number of methoxy groups -OCH3 is 1. The largest absolute Gasteiger partial charge is 0.379 e. The Labute approximate surface area is 155 Å². The molecule has 0 saturated carbocycles. The minimum Gasteiger partial charge on any atom is -0.379 e. The molecule has 3 rings (SSSR count). The molecule has 138 valence electrons. The number of benzene rings is 1. The summed E-state index contributed by atoms with van der Waals surface area (Å²) in [7, 11) is 3.61. The first-order valence-electron chi connectivity index (χ1n) is 9.09. The van der Waals surface area contributed by atoms with Gasteiger partial charge in [-0.15, -0.1) is 0 Å². The van der Waals surface area contributed by atoms with Gasteiger partial charge in [-0.2, -0.15) is 5.10 Å². The van der Waals surface area contributed by atoms with E-state index in [4.69, 9.17) is 4.74 Å². The third-order valence-electron chi connectivity index (χ3n) is 5.03. The maximum Gasteiger partial charge on any atom is 0.246 e. The number of carbonyl (C=O) groups excluding carboxylic acids is 1. The molecule has 2 aromatic rings. The molecule has 0 unspecified atom stereocenters. The lowest BCUT2D eigenvalue weighted by molar-refractivity contribution is -0.131. The van der Waals surface area contributed by atoms with Crippen molar-refractivity contribution in [3.63, 3.8) is 0 Å². The molecule has 0 N–H and O–H groups in total. The van der Waals surface area contributed by atoms with Gasteiger partial charge in [-0.05, 0) is 37.3 Å². The number of nitrogens with zero attached hydrogens (tertiary/aromatic N) is 3. The fourth-order valence-electron chi connectivity index (χ4n) is 3.61. The van der Waals surface area contributed by atoms with Crippen LogP contribution in [0.1, 0.15) is 23.1 Å². The molecule has 26 heavy (non-hydrogen) atoms. The molecule has 5 heteroatoms. The molecule has 1 aliphatic rings. The molecule has 0 spiro atoms. The highest BCUT2D eigenvalue weighted by Crippen LogP contribution is 2.25. The molecule has 0 bridgehead atoms. The third kappa shape index (κ3) is 4.61. The second-order valence-electron chi connectivity index (χ2n) is 7.08. The number of aromatic nitrogens is 2. The Bertz CT molecular complexity index is 781. The molecule has 0 aliphatic carbocycles. The van der Waals surface area contributed by atoms with Gasteiger partial charge in [0.2, 0.25) is 5.91 Å². The zero-order chi connectivity index (χ0) is 18.5. The van der Waals surface area contributed by atoms with E-state index < -0.39 is 0 Å². The first kappa shape index (κ1) is 18.4. The van der Waals surface area contributed by atoms with Crippen molar-refractivity contribution in [3.8, 4) is 0 Å². The van der Waals surface area contributed by atoms with Gasteiger partial charge in [-0.1, -0.05) is 29.8 Å². The van der Waals surface area contributed by atoms with Gasteiger partial charge in [0.05, 0.1) is 12.3 Å². The number of rotatable bonds is 5. The van der Waals surface area contributed by atoms with Gasteiger partial charge >= 0.3 is 0 Å². The van der Waals surface area contributed by atoms with Crippen LogP contribution in [-0.4, -0.2) is 46.9 Å². The maximum absolute atomic E-state index is 12.5.